The minimum absolute atomic E-state index is 0.0504. The summed E-state index contributed by atoms with van der Waals surface area (Å²) in [4.78, 5) is 29.9. The third-order valence-corrected chi connectivity index (χ3v) is 9.48. The van der Waals surface area contributed by atoms with E-state index in [0.29, 0.717) is 30.2 Å². The summed E-state index contributed by atoms with van der Waals surface area (Å²) in [6.07, 6.45) is 6.98. The third-order valence-electron chi connectivity index (χ3n) is 8.30. The molecule has 1 aliphatic carbocycles. The number of carbonyl (C=O) groups excluding carboxylic acids is 2. The number of anilines is 1. The summed E-state index contributed by atoms with van der Waals surface area (Å²) >= 11 is 0. The van der Waals surface area contributed by atoms with Crippen LogP contribution in [-0.4, -0.2) is 63.7 Å². The van der Waals surface area contributed by atoms with E-state index >= 15 is 0 Å². The van der Waals surface area contributed by atoms with Gasteiger partial charge in [0.05, 0.1) is 25.7 Å². The molecule has 248 valence electrons. The molecule has 1 unspecified atom stereocenters. The fourth-order valence-electron chi connectivity index (χ4n) is 5.99. The van der Waals surface area contributed by atoms with Crippen LogP contribution in [0.2, 0.25) is 0 Å². The molecule has 1 atom stereocenters. The highest BCUT2D eigenvalue weighted by atomic mass is 32.2. The zero-order valence-electron chi connectivity index (χ0n) is 27.2. The van der Waals surface area contributed by atoms with Crippen LogP contribution in [0, 0.1) is 0 Å². The number of hydrogen-bond donors (Lipinski definition) is 1. The number of amides is 2. The van der Waals surface area contributed by atoms with Crippen molar-refractivity contribution in [3.05, 3.63) is 90.0 Å². The van der Waals surface area contributed by atoms with Crippen molar-refractivity contribution in [2.45, 2.75) is 76.9 Å². The smallest absolute Gasteiger partial charge is 0.243 e. The van der Waals surface area contributed by atoms with Crippen molar-refractivity contribution in [1.29, 1.82) is 0 Å². The van der Waals surface area contributed by atoms with Gasteiger partial charge in [0.1, 0.15) is 17.5 Å². The Labute approximate surface area is 273 Å². The van der Waals surface area contributed by atoms with E-state index in [0.717, 1.165) is 43.1 Å². The summed E-state index contributed by atoms with van der Waals surface area (Å²) in [6, 6.07) is 23.5. The standard InChI is InChI=1S/C36H47N3O6S/c1-4-45-34-22-12-11-21-32(34)39(46(3,42)43)24-14-23-35(40)38(27-29-17-13-20-31(25-29)44-2)33(26-28-15-7-5-8-16-28)36(41)37-30-18-9-6-10-19-30/h5,7-8,11-13,15-17,20-22,25,30,33H,4,6,9-10,14,18-19,23-24,26-27H2,1-3H3,(H,37,41). The second-order valence-electron chi connectivity index (χ2n) is 11.8. The maximum Gasteiger partial charge on any atom is 0.243 e. The monoisotopic (exact) mass is 649 g/mol. The first kappa shape index (κ1) is 34.8. The second kappa shape index (κ2) is 17.0. The maximum atomic E-state index is 14.2. The average Bonchev–Trinajstić information content (AvgIpc) is 3.05. The number of para-hydroxylation sites is 2. The minimum Gasteiger partial charge on any atom is -0.497 e. The van der Waals surface area contributed by atoms with Gasteiger partial charge < -0.3 is 19.7 Å². The van der Waals surface area contributed by atoms with Gasteiger partial charge in [0.25, 0.3) is 0 Å². The zero-order chi connectivity index (χ0) is 32.9. The Balaban J connectivity index is 1.61. The lowest BCUT2D eigenvalue weighted by Gasteiger charge is -2.34. The fraction of sp³-hybridized carbons (Fsp3) is 0.444. The minimum atomic E-state index is -3.67. The maximum absolute atomic E-state index is 14.2. The van der Waals surface area contributed by atoms with Crippen LogP contribution in [0.1, 0.15) is 63.0 Å². The molecule has 0 bridgehead atoms. The molecule has 46 heavy (non-hydrogen) atoms. The van der Waals surface area contributed by atoms with Crippen LogP contribution in [0.3, 0.4) is 0 Å². The lowest BCUT2D eigenvalue weighted by molar-refractivity contribution is -0.141. The molecule has 0 saturated heterocycles. The topological polar surface area (TPSA) is 105 Å². The van der Waals surface area contributed by atoms with Crippen LogP contribution in [0.5, 0.6) is 11.5 Å². The van der Waals surface area contributed by atoms with E-state index in [1.54, 1.807) is 36.3 Å². The average molecular weight is 650 g/mol. The van der Waals surface area contributed by atoms with E-state index in [1.807, 2.05) is 61.5 Å². The lowest BCUT2D eigenvalue weighted by atomic mass is 9.94. The largest absolute Gasteiger partial charge is 0.497 e. The van der Waals surface area contributed by atoms with Crippen molar-refractivity contribution in [2.24, 2.45) is 0 Å². The molecule has 9 nitrogen and oxygen atoms in total. The number of sulfonamides is 1. The zero-order valence-corrected chi connectivity index (χ0v) is 28.0. The number of carbonyl (C=O) groups is 2. The Morgan fingerprint density at radius 1 is 0.935 bits per heavy atom. The van der Waals surface area contributed by atoms with E-state index in [9.17, 15) is 18.0 Å². The van der Waals surface area contributed by atoms with Crippen molar-refractivity contribution >= 4 is 27.5 Å². The Morgan fingerprint density at radius 3 is 2.33 bits per heavy atom. The molecule has 0 aromatic heterocycles. The van der Waals surface area contributed by atoms with Gasteiger partial charge in [-0.1, -0.05) is 73.9 Å². The van der Waals surface area contributed by atoms with Crippen LogP contribution in [0.25, 0.3) is 0 Å². The van der Waals surface area contributed by atoms with Crippen LogP contribution >= 0.6 is 0 Å². The number of ether oxygens (including phenoxy) is 2. The first-order valence-electron chi connectivity index (χ1n) is 16.2. The second-order valence-corrected chi connectivity index (χ2v) is 13.7. The van der Waals surface area contributed by atoms with Gasteiger partial charge in [0.2, 0.25) is 21.8 Å². The Kier molecular flexibility index (Phi) is 12.9. The van der Waals surface area contributed by atoms with E-state index in [4.69, 9.17) is 9.47 Å². The summed E-state index contributed by atoms with van der Waals surface area (Å²) in [5.74, 6) is 0.723. The van der Waals surface area contributed by atoms with Gasteiger partial charge in [0, 0.05) is 32.0 Å². The molecule has 1 fully saturated rings. The number of rotatable bonds is 16. The molecular formula is C36H47N3O6S. The highest BCUT2D eigenvalue weighted by Gasteiger charge is 2.32. The van der Waals surface area contributed by atoms with Crippen molar-refractivity contribution in [2.75, 3.05) is 30.8 Å². The van der Waals surface area contributed by atoms with Crippen molar-refractivity contribution < 1.29 is 27.5 Å². The van der Waals surface area contributed by atoms with E-state index in [-0.39, 0.29) is 43.8 Å². The van der Waals surface area contributed by atoms with Crippen LogP contribution < -0.4 is 19.1 Å². The Hall–Kier alpha value is -4.05. The van der Waals surface area contributed by atoms with Gasteiger partial charge in [-0.3, -0.25) is 13.9 Å². The molecule has 0 heterocycles. The number of nitrogens with zero attached hydrogens (tertiary/aromatic N) is 2. The molecule has 0 radical (unpaired) electrons. The van der Waals surface area contributed by atoms with Gasteiger partial charge in [-0.25, -0.2) is 8.42 Å². The molecule has 1 aliphatic rings. The number of nitrogens with one attached hydrogen (secondary N) is 1. The Bertz CT molecular complexity index is 1530. The first-order valence-corrected chi connectivity index (χ1v) is 18.0. The highest BCUT2D eigenvalue weighted by Crippen LogP contribution is 2.30. The predicted molar refractivity (Wildman–Crippen MR) is 182 cm³/mol. The summed E-state index contributed by atoms with van der Waals surface area (Å²) in [7, 11) is -2.08. The van der Waals surface area contributed by atoms with E-state index in [2.05, 4.69) is 5.32 Å². The van der Waals surface area contributed by atoms with Crippen molar-refractivity contribution in [1.82, 2.24) is 10.2 Å². The number of benzene rings is 3. The molecule has 4 rings (SSSR count). The summed E-state index contributed by atoms with van der Waals surface area (Å²) in [6.45, 7) is 2.51. The third kappa shape index (κ3) is 9.97. The van der Waals surface area contributed by atoms with Crippen LogP contribution in [0.15, 0.2) is 78.9 Å². The normalized spacial score (nSPS) is 14.2. The molecule has 1 N–H and O–H groups in total. The molecule has 10 heteroatoms. The van der Waals surface area contributed by atoms with Crippen LogP contribution in [-0.2, 0) is 32.6 Å². The molecule has 3 aromatic rings. The Morgan fingerprint density at radius 2 is 1.63 bits per heavy atom. The predicted octanol–water partition coefficient (Wildman–Crippen LogP) is 5.73. The van der Waals surface area contributed by atoms with E-state index < -0.39 is 16.1 Å². The van der Waals surface area contributed by atoms with E-state index in [1.165, 1.54) is 10.7 Å². The van der Waals surface area contributed by atoms with Gasteiger partial charge >= 0.3 is 0 Å². The highest BCUT2D eigenvalue weighted by molar-refractivity contribution is 7.92. The molecular weight excluding hydrogens is 602 g/mol. The summed E-state index contributed by atoms with van der Waals surface area (Å²) in [5, 5.41) is 3.26. The SMILES string of the molecule is CCOc1ccccc1N(CCCC(=O)N(Cc1cccc(OC)c1)C(Cc1ccccc1)C(=O)NC1CCCCC1)S(C)(=O)=O. The van der Waals surface area contributed by atoms with Gasteiger partial charge in [-0.2, -0.15) is 0 Å². The lowest BCUT2D eigenvalue weighted by Crippen LogP contribution is -2.52. The van der Waals surface area contributed by atoms with Gasteiger partial charge in [0.15, 0.2) is 0 Å². The summed E-state index contributed by atoms with van der Waals surface area (Å²) in [5.41, 5.74) is 2.21. The van der Waals surface area contributed by atoms with Crippen molar-refractivity contribution in [3.63, 3.8) is 0 Å². The molecule has 0 aliphatic heterocycles. The van der Waals surface area contributed by atoms with Gasteiger partial charge in [-0.15, -0.1) is 0 Å². The van der Waals surface area contributed by atoms with Crippen molar-refractivity contribution in [3.8, 4) is 11.5 Å². The quantitative estimate of drug-likeness (QED) is 0.213. The summed E-state index contributed by atoms with van der Waals surface area (Å²) < 4.78 is 38.2. The fourth-order valence-corrected chi connectivity index (χ4v) is 6.96. The van der Waals surface area contributed by atoms with Gasteiger partial charge in [-0.05, 0) is 61.6 Å². The molecule has 1 saturated carbocycles. The first-order chi connectivity index (χ1) is 22.2. The number of methoxy groups -OCH3 is 1. The molecule has 2 amide bonds. The molecule has 3 aromatic carbocycles. The number of hydrogen-bond acceptors (Lipinski definition) is 6. The molecule has 0 spiro atoms. The van der Waals surface area contributed by atoms with Crippen LogP contribution in [0.4, 0.5) is 5.69 Å².